The zero-order valence-corrected chi connectivity index (χ0v) is 9.86. The van der Waals surface area contributed by atoms with E-state index in [4.69, 9.17) is 17.3 Å². The minimum absolute atomic E-state index is 0.714. The average Bonchev–Trinajstić information content (AvgIpc) is 2.17. The summed E-state index contributed by atoms with van der Waals surface area (Å²) < 4.78 is 0. The molecule has 0 aliphatic carbocycles. The van der Waals surface area contributed by atoms with Crippen molar-refractivity contribution in [2.45, 2.75) is 12.8 Å². The first-order valence-electron chi connectivity index (χ1n) is 5.13. The van der Waals surface area contributed by atoms with Crippen LogP contribution < -0.4 is 16.0 Å². The molecule has 0 atom stereocenters. The van der Waals surface area contributed by atoms with Crippen LogP contribution in [0.4, 0.5) is 17.1 Å². The number of nitrogens with two attached hydrogens (primary N) is 1. The summed E-state index contributed by atoms with van der Waals surface area (Å²) in [5, 5.41) is 4.10. The molecule has 0 amide bonds. The van der Waals surface area contributed by atoms with Gasteiger partial charge in [-0.05, 0) is 18.9 Å². The molecule has 1 aliphatic heterocycles. The highest BCUT2D eigenvalue weighted by molar-refractivity contribution is 6.34. The second-order valence-electron chi connectivity index (χ2n) is 4.07. The number of fused-ring (bicyclic) bond motifs is 1. The maximum Gasteiger partial charge on any atom is 0.0790 e. The summed E-state index contributed by atoms with van der Waals surface area (Å²) in [7, 11) is 3.99. The summed E-state index contributed by atoms with van der Waals surface area (Å²) in [5.74, 6) is 0. The lowest BCUT2D eigenvalue weighted by Crippen LogP contribution is -2.19. The standard InChI is InChI=1S/C11H16ClN3/c1-15(2)11-8(12)6-9(13)7-4-3-5-14-10(7)11/h6,14H,3-5,13H2,1-2H3. The zero-order chi connectivity index (χ0) is 11.0. The van der Waals surface area contributed by atoms with Crippen LogP contribution >= 0.6 is 11.6 Å². The Morgan fingerprint density at radius 1 is 1.47 bits per heavy atom. The maximum absolute atomic E-state index is 6.20. The largest absolute Gasteiger partial charge is 0.398 e. The predicted octanol–water partition coefficient (Wildman–Crippen LogP) is 2.35. The summed E-state index contributed by atoms with van der Waals surface area (Å²) in [6.07, 6.45) is 2.16. The van der Waals surface area contributed by atoms with Crippen molar-refractivity contribution < 1.29 is 0 Å². The summed E-state index contributed by atoms with van der Waals surface area (Å²) in [6.45, 7) is 0.994. The lowest BCUT2D eigenvalue weighted by molar-refractivity contribution is 0.830. The van der Waals surface area contributed by atoms with E-state index in [0.717, 1.165) is 36.4 Å². The Bertz CT molecular complexity index is 388. The van der Waals surface area contributed by atoms with Crippen LogP contribution in [-0.4, -0.2) is 20.6 Å². The van der Waals surface area contributed by atoms with E-state index in [1.165, 1.54) is 5.56 Å². The van der Waals surface area contributed by atoms with Crippen molar-refractivity contribution in [1.82, 2.24) is 0 Å². The lowest BCUT2D eigenvalue weighted by atomic mass is 10.00. The van der Waals surface area contributed by atoms with Gasteiger partial charge in [-0.1, -0.05) is 11.6 Å². The number of rotatable bonds is 1. The van der Waals surface area contributed by atoms with Gasteiger partial charge in [0, 0.05) is 31.9 Å². The van der Waals surface area contributed by atoms with Gasteiger partial charge in [-0.2, -0.15) is 0 Å². The first-order valence-corrected chi connectivity index (χ1v) is 5.51. The van der Waals surface area contributed by atoms with Gasteiger partial charge in [-0.3, -0.25) is 0 Å². The molecule has 1 aromatic rings. The van der Waals surface area contributed by atoms with Gasteiger partial charge < -0.3 is 16.0 Å². The van der Waals surface area contributed by atoms with Gasteiger partial charge in [0.05, 0.1) is 16.4 Å². The second kappa shape index (κ2) is 3.81. The molecule has 0 spiro atoms. The molecule has 0 saturated heterocycles. The summed E-state index contributed by atoms with van der Waals surface area (Å²) in [5.41, 5.74) is 10.1. The molecule has 3 N–H and O–H groups in total. The fourth-order valence-electron chi connectivity index (χ4n) is 2.07. The molecule has 1 aromatic carbocycles. The maximum atomic E-state index is 6.20. The Labute approximate surface area is 95.2 Å². The van der Waals surface area contributed by atoms with E-state index in [2.05, 4.69) is 5.32 Å². The van der Waals surface area contributed by atoms with Crippen LogP contribution in [0.1, 0.15) is 12.0 Å². The molecule has 0 saturated carbocycles. The summed E-state index contributed by atoms with van der Waals surface area (Å²) in [4.78, 5) is 2.03. The van der Waals surface area contributed by atoms with Gasteiger partial charge in [-0.15, -0.1) is 0 Å². The zero-order valence-electron chi connectivity index (χ0n) is 9.10. The van der Waals surface area contributed by atoms with Crippen LogP contribution in [0, 0.1) is 0 Å². The fraction of sp³-hybridized carbons (Fsp3) is 0.455. The Morgan fingerprint density at radius 3 is 2.87 bits per heavy atom. The van der Waals surface area contributed by atoms with Crippen LogP contribution in [-0.2, 0) is 6.42 Å². The Kier molecular flexibility index (Phi) is 2.65. The van der Waals surface area contributed by atoms with Crippen molar-refractivity contribution in [1.29, 1.82) is 0 Å². The number of nitrogen functional groups attached to an aromatic ring is 1. The third-order valence-corrected chi connectivity index (χ3v) is 3.04. The number of benzene rings is 1. The smallest absolute Gasteiger partial charge is 0.0790 e. The highest BCUT2D eigenvalue weighted by atomic mass is 35.5. The minimum Gasteiger partial charge on any atom is -0.398 e. The second-order valence-corrected chi connectivity index (χ2v) is 4.48. The molecule has 0 bridgehead atoms. The topological polar surface area (TPSA) is 41.3 Å². The third kappa shape index (κ3) is 1.72. The van der Waals surface area contributed by atoms with Gasteiger partial charge in [0.15, 0.2) is 0 Å². The van der Waals surface area contributed by atoms with E-state index in [1.807, 2.05) is 25.1 Å². The SMILES string of the molecule is CN(C)c1c(Cl)cc(N)c2c1NCCC2. The lowest BCUT2D eigenvalue weighted by Gasteiger charge is -2.27. The first kappa shape index (κ1) is 10.4. The highest BCUT2D eigenvalue weighted by Gasteiger charge is 2.19. The molecule has 4 heteroatoms. The molecule has 82 valence electrons. The number of anilines is 3. The molecule has 1 heterocycles. The van der Waals surface area contributed by atoms with Gasteiger partial charge >= 0.3 is 0 Å². The molecular formula is C11H16ClN3. The molecule has 0 radical (unpaired) electrons. The molecule has 0 unspecified atom stereocenters. The van der Waals surface area contributed by atoms with Crippen molar-refractivity contribution in [2.24, 2.45) is 0 Å². The molecule has 2 rings (SSSR count). The fourth-order valence-corrected chi connectivity index (χ4v) is 2.46. The number of halogens is 1. The van der Waals surface area contributed by atoms with E-state index in [9.17, 15) is 0 Å². The Hall–Kier alpha value is -1.09. The monoisotopic (exact) mass is 225 g/mol. The molecule has 15 heavy (non-hydrogen) atoms. The third-order valence-electron chi connectivity index (χ3n) is 2.75. The van der Waals surface area contributed by atoms with Crippen molar-refractivity contribution in [3.63, 3.8) is 0 Å². The number of hydrogen-bond donors (Lipinski definition) is 2. The minimum atomic E-state index is 0.714. The van der Waals surface area contributed by atoms with Crippen molar-refractivity contribution in [2.75, 3.05) is 36.6 Å². The van der Waals surface area contributed by atoms with Crippen LogP contribution in [0.2, 0.25) is 5.02 Å². The molecule has 3 nitrogen and oxygen atoms in total. The van der Waals surface area contributed by atoms with Crippen LogP contribution in [0.3, 0.4) is 0 Å². The average molecular weight is 226 g/mol. The van der Waals surface area contributed by atoms with E-state index >= 15 is 0 Å². The van der Waals surface area contributed by atoms with Crippen molar-refractivity contribution in [3.05, 3.63) is 16.7 Å². The number of hydrogen-bond acceptors (Lipinski definition) is 3. The van der Waals surface area contributed by atoms with Gasteiger partial charge in [-0.25, -0.2) is 0 Å². The Morgan fingerprint density at radius 2 is 2.20 bits per heavy atom. The summed E-state index contributed by atoms with van der Waals surface area (Å²) in [6, 6.07) is 1.85. The van der Waals surface area contributed by atoms with Crippen LogP contribution in [0.25, 0.3) is 0 Å². The van der Waals surface area contributed by atoms with E-state index in [1.54, 1.807) is 0 Å². The first-order chi connectivity index (χ1) is 7.11. The molecule has 1 aliphatic rings. The van der Waals surface area contributed by atoms with Gasteiger partial charge in [0.1, 0.15) is 0 Å². The molecular weight excluding hydrogens is 210 g/mol. The quantitative estimate of drug-likeness (QED) is 0.721. The van der Waals surface area contributed by atoms with Gasteiger partial charge in [0.25, 0.3) is 0 Å². The normalized spacial score (nSPS) is 14.3. The van der Waals surface area contributed by atoms with Crippen LogP contribution in [0.5, 0.6) is 0 Å². The molecule has 0 aromatic heterocycles. The van der Waals surface area contributed by atoms with Gasteiger partial charge in [0.2, 0.25) is 0 Å². The Balaban J connectivity index is 2.63. The van der Waals surface area contributed by atoms with E-state index in [-0.39, 0.29) is 0 Å². The van der Waals surface area contributed by atoms with E-state index < -0.39 is 0 Å². The highest BCUT2D eigenvalue weighted by Crippen LogP contribution is 2.41. The number of nitrogens with one attached hydrogen (secondary N) is 1. The number of nitrogens with zero attached hydrogens (tertiary/aromatic N) is 1. The predicted molar refractivity (Wildman–Crippen MR) is 67.0 cm³/mol. The molecule has 0 fully saturated rings. The van der Waals surface area contributed by atoms with E-state index in [0.29, 0.717) is 5.02 Å². The van der Waals surface area contributed by atoms with Crippen molar-refractivity contribution in [3.8, 4) is 0 Å². The summed E-state index contributed by atoms with van der Waals surface area (Å²) >= 11 is 6.20. The van der Waals surface area contributed by atoms with Crippen molar-refractivity contribution >= 4 is 28.7 Å². The van der Waals surface area contributed by atoms with Crippen LogP contribution in [0.15, 0.2) is 6.07 Å².